The minimum atomic E-state index is -4.44. The average Bonchev–Trinajstić information content (AvgIpc) is 2.43. The van der Waals surface area contributed by atoms with Crippen LogP contribution in [-0.4, -0.2) is 32.0 Å². The molecule has 1 saturated heterocycles. The topological polar surface area (TPSA) is 30.5 Å². The van der Waals surface area contributed by atoms with E-state index >= 15 is 0 Å². The number of alkyl halides is 3. The molecule has 0 unspecified atom stereocenters. The van der Waals surface area contributed by atoms with Gasteiger partial charge in [-0.1, -0.05) is 0 Å². The number of hydrogen-bond acceptors (Lipinski definition) is 3. The Morgan fingerprint density at radius 1 is 1.19 bits per heavy atom. The van der Waals surface area contributed by atoms with Crippen molar-refractivity contribution in [1.29, 1.82) is 0 Å². The molecule has 7 heteroatoms. The highest BCUT2D eigenvalue weighted by Crippen LogP contribution is 2.21. The Morgan fingerprint density at radius 2 is 1.90 bits per heavy atom. The molecule has 1 fully saturated rings. The molecule has 1 aromatic carbocycles. The highest BCUT2D eigenvalue weighted by molar-refractivity contribution is 5.29. The normalized spacial score (nSPS) is 17.0. The maximum absolute atomic E-state index is 13.4. The van der Waals surface area contributed by atoms with Crippen molar-refractivity contribution in [2.75, 3.05) is 19.8 Å². The van der Waals surface area contributed by atoms with Gasteiger partial charge in [-0.25, -0.2) is 4.39 Å². The van der Waals surface area contributed by atoms with Crippen LogP contribution in [0.4, 0.5) is 17.6 Å². The van der Waals surface area contributed by atoms with Crippen LogP contribution in [-0.2, 0) is 11.3 Å². The van der Waals surface area contributed by atoms with Crippen molar-refractivity contribution < 1.29 is 27.0 Å². The minimum absolute atomic E-state index is 0.115. The zero-order valence-corrected chi connectivity index (χ0v) is 11.4. The molecule has 0 bridgehead atoms. The van der Waals surface area contributed by atoms with Crippen molar-refractivity contribution in [3.8, 4) is 5.75 Å². The van der Waals surface area contributed by atoms with E-state index in [0.29, 0.717) is 25.3 Å². The fourth-order valence-corrected chi connectivity index (χ4v) is 2.14. The Labute approximate surface area is 120 Å². The maximum Gasteiger partial charge on any atom is 0.422 e. The lowest BCUT2D eigenvalue weighted by molar-refractivity contribution is -0.153. The van der Waals surface area contributed by atoms with E-state index in [4.69, 9.17) is 4.74 Å². The first-order chi connectivity index (χ1) is 9.92. The third-order valence-corrected chi connectivity index (χ3v) is 3.15. The van der Waals surface area contributed by atoms with Gasteiger partial charge in [-0.05, 0) is 30.5 Å². The summed E-state index contributed by atoms with van der Waals surface area (Å²) in [7, 11) is 0. The van der Waals surface area contributed by atoms with Gasteiger partial charge in [0.1, 0.15) is 11.6 Å². The fourth-order valence-electron chi connectivity index (χ4n) is 2.14. The van der Waals surface area contributed by atoms with E-state index in [-0.39, 0.29) is 11.8 Å². The third kappa shape index (κ3) is 5.89. The number of rotatable bonds is 5. The Balaban J connectivity index is 1.91. The quantitative estimate of drug-likeness (QED) is 0.848. The van der Waals surface area contributed by atoms with Gasteiger partial charge in [0.2, 0.25) is 0 Å². The second kappa shape index (κ2) is 7.09. The molecule has 0 spiro atoms. The van der Waals surface area contributed by atoms with Crippen molar-refractivity contribution in [1.82, 2.24) is 5.32 Å². The van der Waals surface area contributed by atoms with Gasteiger partial charge in [0.25, 0.3) is 0 Å². The summed E-state index contributed by atoms with van der Waals surface area (Å²) in [5.41, 5.74) is 0.554. The summed E-state index contributed by atoms with van der Waals surface area (Å²) >= 11 is 0. The number of ether oxygens (including phenoxy) is 2. The summed E-state index contributed by atoms with van der Waals surface area (Å²) in [6.07, 6.45) is -2.70. The summed E-state index contributed by atoms with van der Waals surface area (Å²) in [5.74, 6) is -0.727. The summed E-state index contributed by atoms with van der Waals surface area (Å²) in [6, 6.07) is 3.93. The zero-order chi connectivity index (χ0) is 15.3. The van der Waals surface area contributed by atoms with Crippen LogP contribution in [0.3, 0.4) is 0 Å². The monoisotopic (exact) mass is 307 g/mol. The zero-order valence-electron chi connectivity index (χ0n) is 11.4. The average molecular weight is 307 g/mol. The molecule has 21 heavy (non-hydrogen) atoms. The number of halogens is 4. The molecular formula is C14H17F4NO2. The second-order valence-corrected chi connectivity index (χ2v) is 4.97. The van der Waals surface area contributed by atoms with E-state index < -0.39 is 18.6 Å². The van der Waals surface area contributed by atoms with Gasteiger partial charge in [-0.3, -0.25) is 0 Å². The first-order valence-electron chi connectivity index (χ1n) is 6.72. The van der Waals surface area contributed by atoms with Crippen molar-refractivity contribution in [3.05, 3.63) is 29.6 Å². The SMILES string of the molecule is Fc1cc(CNC2CCOCC2)cc(OCC(F)(F)F)c1. The van der Waals surface area contributed by atoms with E-state index in [9.17, 15) is 17.6 Å². The predicted octanol–water partition coefficient (Wildman–Crippen LogP) is 3.04. The molecule has 1 heterocycles. The molecular weight excluding hydrogens is 290 g/mol. The van der Waals surface area contributed by atoms with Gasteiger partial charge in [-0.2, -0.15) is 13.2 Å². The number of hydrogen-bond donors (Lipinski definition) is 1. The maximum atomic E-state index is 13.4. The first kappa shape index (κ1) is 16.0. The summed E-state index contributed by atoms with van der Waals surface area (Å²) in [5, 5.41) is 3.24. The molecule has 1 aliphatic rings. The number of nitrogens with one attached hydrogen (secondary N) is 1. The van der Waals surface area contributed by atoms with E-state index in [1.165, 1.54) is 12.1 Å². The van der Waals surface area contributed by atoms with Gasteiger partial charge in [0.05, 0.1) is 0 Å². The molecule has 0 aromatic heterocycles. The van der Waals surface area contributed by atoms with Gasteiger partial charge in [0, 0.05) is 31.9 Å². The highest BCUT2D eigenvalue weighted by atomic mass is 19.4. The van der Waals surface area contributed by atoms with Crippen LogP contribution < -0.4 is 10.1 Å². The molecule has 0 atom stereocenters. The second-order valence-electron chi connectivity index (χ2n) is 4.97. The van der Waals surface area contributed by atoms with Crippen LogP contribution in [0.25, 0.3) is 0 Å². The Hall–Kier alpha value is -1.34. The predicted molar refractivity (Wildman–Crippen MR) is 68.6 cm³/mol. The standard InChI is InChI=1S/C14H17F4NO2/c15-11-5-10(8-19-12-1-3-20-4-2-12)6-13(7-11)21-9-14(16,17)18/h5-7,12,19H,1-4,8-9H2. The van der Waals surface area contributed by atoms with Crippen LogP contribution in [0.15, 0.2) is 18.2 Å². The Morgan fingerprint density at radius 3 is 2.57 bits per heavy atom. The van der Waals surface area contributed by atoms with Gasteiger partial charge < -0.3 is 14.8 Å². The minimum Gasteiger partial charge on any atom is -0.484 e. The van der Waals surface area contributed by atoms with Gasteiger partial charge in [-0.15, -0.1) is 0 Å². The molecule has 3 nitrogen and oxygen atoms in total. The summed E-state index contributed by atoms with van der Waals surface area (Å²) in [4.78, 5) is 0. The molecule has 1 N–H and O–H groups in total. The van der Waals surface area contributed by atoms with Crippen molar-refractivity contribution in [2.45, 2.75) is 31.6 Å². The largest absolute Gasteiger partial charge is 0.484 e. The summed E-state index contributed by atoms with van der Waals surface area (Å²) in [6.45, 7) is 0.315. The fraction of sp³-hybridized carbons (Fsp3) is 0.571. The van der Waals surface area contributed by atoms with E-state index in [1.54, 1.807) is 0 Å². The Kier molecular flexibility index (Phi) is 5.41. The molecule has 0 radical (unpaired) electrons. The van der Waals surface area contributed by atoms with E-state index in [1.807, 2.05) is 0 Å². The lowest BCUT2D eigenvalue weighted by Crippen LogP contribution is -2.34. The molecule has 118 valence electrons. The van der Waals surface area contributed by atoms with Crippen molar-refractivity contribution in [3.63, 3.8) is 0 Å². The van der Waals surface area contributed by atoms with Crippen molar-refractivity contribution in [2.24, 2.45) is 0 Å². The number of benzene rings is 1. The van der Waals surface area contributed by atoms with Gasteiger partial charge in [0.15, 0.2) is 6.61 Å². The van der Waals surface area contributed by atoms with E-state index in [2.05, 4.69) is 10.1 Å². The van der Waals surface area contributed by atoms with E-state index in [0.717, 1.165) is 18.9 Å². The van der Waals surface area contributed by atoms with Crippen LogP contribution in [0.5, 0.6) is 5.75 Å². The molecule has 1 aromatic rings. The van der Waals surface area contributed by atoms with Crippen LogP contribution >= 0.6 is 0 Å². The van der Waals surface area contributed by atoms with Crippen LogP contribution in [0, 0.1) is 5.82 Å². The third-order valence-electron chi connectivity index (χ3n) is 3.15. The van der Waals surface area contributed by atoms with Crippen LogP contribution in [0.2, 0.25) is 0 Å². The highest BCUT2D eigenvalue weighted by Gasteiger charge is 2.28. The molecule has 0 aliphatic carbocycles. The molecule has 0 saturated carbocycles. The first-order valence-corrected chi connectivity index (χ1v) is 6.72. The Bertz CT molecular complexity index is 459. The lowest BCUT2D eigenvalue weighted by Gasteiger charge is -2.23. The molecule has 0 amide bonds. The van der Waals surface area contributed by atoms with Crippen molar-refractivity contribution >= 4 is 0 Å². The lowest BCUT2D eigenvalue weighted by atomic mass is 10.1. The van der Waals surface area contributed by atoms with Gasteiger partial charge >= 0.3 is 6.18 Å². The molecule has 1 aliphatic heterocycles. The summed E-state index contributed by atoms with van der Waals surface area (Å²) < 4.78 is 59.5. The van der Waals surface area contributed by atoms with Crippen LogP contribution in [0.1, 0.15) is 18.4 Å². The molecule has 2 rings (SSSR count). The smallest absolute Gasteiger partial charge is 0.422 e.